The molecule has 0 spiro atoms. The van der Waals surface area contributed by atoms with Crippen molar-refractivity contribution in [2.24, 2.45) is 0 Å². The zero-order valence-electron chi connectivity index (χ0n) is 12.2. The molecule has 1 saturated heterocycles. The SMILES string of the molecule is Cc1ccc(C)c(S(=O)(=O)CCN2CCCC(O)C2)c1. The van der Waals surface area contributed by atoms with Crippen LogP contribution in [-0.2, 0) is 9.84 Å². The van der Waals surface area contributed by atoms with Gasteiger partial charge in [0.15, 0.2) is 9.84 Å². The topological polar surface area (TPSA) is 57.6 Å². The molecule has 2 rings (SSSR count). The Labute approximate surface area is 121 Å². The maximum atomic E-state index is 12.4. The summed E-state index contributed by atoms with van der Waals surface area (Å²) < 4.78 is 24.9. The third-order valence-corrected chi connectivity index (χ3v) is 5.67. The van der Waals surface area contributed by atoms with E-state index in [0.717, 1.165) is 30.5 Å². The van der Waals surface area contributed by atoms with E-state index in [1.165, 1.54) is 0 Å². The fourth-order valence-electron chi connectivity index (χ4n) is 2.64. The summed E-state index contributed by atoms with van der Waals surface area (Å²) in [4.78, 5) is 2.48. The average molecular weight is 297 g/mol. The third-order valence-electron chi connectivity index (χ3n) is 3.84. The van der Waals surface area contributed by atoms with E-state index < -0.39 is 9.84 Å². The molecule has 1 N–H and O–H groups in total. The number of sulfone groups is 1. The van der Waals surface area contributed by atoms with Crippen molar-refractivity contribution >= 4 is 9.84 Å². The highest BCUT2D eigenvalue weighted by Gasteiger charge is 2.22. The number of rotatable bonds is 4. The molecule has 0 aliphatic carbocycles. The number of aliphatic hydroxyl groups excluding tert-OH is 1. The average Bonchev–Trinajstić information content (AvgIpc) is 2.39. The molecule has 0 bridgehead atoms. The monoisotopic (exact) mass is 297 g/mol. The minimum atomic E-state index is -3.25. The summed E-state index contributed by atoms with van der Waals surface area (Å²) in [6.07, 6.45) is 1.44. The first-order chi connectivity index (χ1) is 9.38. The molecule has 112 valence electrons. The Morgan fingerprint density at radius 1 is 1.35 bits per heavy atom. The number of piperidine rings is 1. The van der Waals surface area contributed by atoms with Crippen molar-refractivity contribution in [3.8, 4) is 0 Å². The molecule has 0 saturated carbocycles. The fourth-order valence-corrected chi connectivity index (χ4v) is 4.28. The molecule has 1 atom stereocenters. The van der Waals surface area contributed by atoms with Crippen molar-refractivity contribution in [1.82, 2.24) is 4.90 Å². The van der Waals surface area contributed by atoms with Crippen molar-refractivity contribution in [3.63, 3.8) is 0 Å². The maximum Gasteiger partial charge on any atom is 0.179 e. The number of hydrogen-bond acceptors (Lipinski definition) is 4. The van der Waals surface area contributed by atoms with Gasteiger partial charge in [-0.25, -0.2) is 8.42 Å². The van der Waals surface area contributed by atoms with Gasteiger partial charge in [-0.3, -0.25) is 4.90 Å². The van der Waals surface area contributed by atoms with Gasteiger partial charge in [0.2, 0.25) is 0 Å². The van der Waals surface area contributed by atoms with Gasteiger partial charge in [-0.15, -0.1) is 0 Å². The molecule has 1 aromatic carbocycles. The first kappa shape index (κ1) is 15.5. The Balaban J connectivity index is 2.05. The van der Waals surface area contributed by atoms with Crippen LogP contribution < -0.4 is 0 Å². The molecule has 1 unspecified atom stereocenters. The molecule has 5 heteroatoms. The predicted octanol–water partition coefficient (Wildman–Crippen LogP) is 1.53. The summed E-state index contributed by atoms with van der Waals surface area (Å²) >= 11 is 0. The van der Waals surface area contributed by atoms with Crippen LogP contribution in [0.1, 0.15) is 24.0 Å². The number of hydrogen-bond donors (Lipinski definition) is 1. The van der Waals surface area contributed by atoms with E-state index in [1.54, 1.807) is 6.07 Å². The second-order valence-electron chi connectivity index (χ2n) is 5.68. The van der Waals surface area contributed by atoms with Gasteiger partial charge in [-0.05, 0) is 50.4 Å². The minimum Gasteiger partial charge on any atom is -0.392 e. The highest BCUT2D eigenvalue weighted by Crippen LogP contribution is 2.19. The predicted molar refractivity (Wildman–Crippen MR) is 79.6 cm³/mol. The highest BCUT2D eigenvalue weighted by molar-refractivity contribution is 7.91. The lowest BCUT2D eigenvalue weighted by Crippen LogP contribution is -2.40. The fraction of sp³-hybridized carbons (Fsp3) is 0.600. The molecule has 0 aromatic heterocycles. The van der Waals surface area contributed by atoms with Crippen molar-refractivity contribution in [3.05, 3.63) is 29.3 Å². The summed E-state index contributed by atoms with van der Waals surface area (Å²) in [5.74, 6) is 0.115. The summed E-state index contributed by atoms with van der Waals surface area (Å²) in [5, 5.41) is 9.62. The van der Waals surface area contributed by atoms with Gasteiger partial charge < -0.3 is 5.11 Å². The van der Waals surface area contributed by atoms with Crippen LogP contribution >= 0.6 is 0 Å². The van der Waals surface area contributed by atoms with Crippen LogP contribution in [0.25, 0.3) is 0 Å². The van der Waals surface area contributed by atoms with Crippen molar-refractivity contribution in [2.75, 3.05) is 25.4 Å². The first-order valence-corrected chi connectivity index (χ1v) is 8.74. The van der Waals surface area contributed by atoms with E-state index in [-0.39, 0.29) is 11.9 Å². The van der Waals surface area contributed by atoms with E-state index in [2.05, 4.69) is 0 Å². The largest absolute Gasteiger partial charge is 0.392 e. The molecular weight excluding hydrogens is 274 g/mol. The van der Waals surface area contributed by atoms with Crippen LogP contribution in [0.2, 0.25) is 0 Å². The number of aliphatic hydroxyl groups is 1. The van der Waals surface area contributed by atoms with Gasteiger partial charge in [0, 0.05) is 13.1 Å². The second-order valence-corrected chi connectivity index (χ2v) is 7.76. The Kier molecular flexibility index (Phi) is 4.83. The molecule has 1 fully saturated rings. The van der Waals surface area contributed by atoms with E-state index in [4.69, 9.17) is 0 Å². The standard InChI is InChI=1S/C15H23NO3S/c1-12-5-6-13(2)15(10-12)20(18,19)9-8-16-7-3-4-14(17)11-16/h5-6,10,14,17H,3-4,7-9,11H2,1-2H3. The lowest BCUT2D eigenvalue weighted by molar-refractivity contribution is 0.0741. The Morgan fingerprint density at radius 2 is 2.10 bits per heavy atom. The Morgan fingerprint density at radius 3 is 2.80 bits per heavy atom. The summed E-state index contributed by atoms with van der Waals surface area (Å²) in [5.41, 5.74) is 1.76. The van der Waals surface area contributed by atoms with Crippen LogP contribution in [0.5, 0.6) is 0 Å². The molecule has 1 aromatic rings. The van der Waals surface area contributed by atoms with Crippen molar-refractivity contribution < 1.29 is 13.5 Å². The van der Waals surface area contributed by atoms with Crippen molar-refractivity contribution in [2.45, 2.75) is 37.7 Å². The van der Waals surface area contributed by atoms with Gasteiger partial charge in [-0.1, -0.05) is 12.1 Å². The van der Waals surface area contributed by atoms with Crippen LogP contribution in [0.4, 0.5) is 0 Å². The van der Waals surface area contributed by atoms with Gasteiger partial charge in [-0.2, -0.15) is 0 Å². The van der Waals surface area contributed by atoms with Crippen molar-refractivity contribution in [1.29, 1.82) is 0 Å². The molecule has 1 heterocycles. The number of nitrogens with zero attached hydrogens (tertiary/aromatic N) is 1. The van der Waals surface area contributed by atoms with E-state index in [9.17, 15) is 13.5 Å². The van der Waals surface area contributed by atoms with E-state index in [0.29, 0.717) is 18.0 Å². The number of aryl methyl sites for hydroxylation is 2. The Bertz CT molecular complexity index is 568. The van der Waals surface area contributed by atoms with Gasteiger partial charge >= 0.3 is 0 Å². The smallest absolute Gasteiger partial charge is 0.179 e. The lowest BCUT2D eigenvalue weighted by atomic mass is 10.1. The molecule has 20 heavy (non-hydrogen) atoms. The van der Waals surface area contributed by atoms with Crippen LogP contribution in [0.3, 0.4) is 0 Å². The zero-order chi connectivity index (χ0) is 14.8. The maximum absolute atomic E-state index is 12.4. The second kappa shape index (κ2) is 6.24. The van der Waals surface area contributed by atoms with E-state index in [1.807, 2.05) is 30.9 Å². The van der Waals surface area contributed by atoms with E-state index >= 15 is 0 Å². The minimum absolute atomic E-state index is 0.115. The highest BCUT2D eigenvalue weighted by atomic mass is 32.2. The number of β-amino-alcohol motifs (C(OH)–C–C–N with tert-alkyl or cyclic N) is 1. The van der Waals surface area contributed by atoms with Crippen LogP contribution in [-0.4, -0.2) is 49.9 Å². The first-order valence-electron chi connectivity index (χ1n) is 7.09. The summed E-state index contributed by atoms with van der Waals surface area (Å²) in [6, 6.07) is 5.53. The summed E-state index contributed by atoms with van der Waals surface area (Å²) in [6.45, 7) is 5.69. The zero-order valence-corrected chi connectivity index (χ0v) is 13.0. The summed E-state index contributed by atoms with van der Waals surface area (Å²) in [7, 11) is -3.25. The van der Waals surface area contributed by atoms with Gasteiger partial charge in [0.05, 0.1) is 16.8 Å². The van der Waals surface area contributed by atoms with Crippen LogP contribution in [0.15, 0.2) is 23.1 Å². The molecule has 4 nitrogen and oxygen atoms in total. The molecule has 1 aliphatic rings. The number of benzene rings is 1. The molecule has 0 amide bonds. The Hall–Kier alpha value is -0.910. The quantitative estimate of drug-likeness (QED) is 0.916. The lowest BCUT2D eigenvalue weighted by Gasteiger charge is -2.29. The molecule has 0 radical (unpaired) electrons. The van der Waals surface area contributed by atoms with Gasteiger partial charge in [0.1, 0.15) is 0 Å². The van der Waals surface area contributed by atoms with Crippen LogP contribution in [0, 0.1) is 13.8 Å². The number of likely N-dealkylation sites (tertiary alicyclic amines) is 1. The normalized spacial score (nSPS) is 21.1. The third kappa shape index (κ3) is 3.81. The molecular formula is C15H23NO3S. The van der Waals surface area contributed by atoms with Gasteiger partial charge in [0.25, 0.3) is 0 Å². The molecule has 1 aliphatic heterocycles.